The lowest BCUT2D eigenvalue weighted by molar-refractivity contribution is 0.0869. The van der Waals surface area contributed by atoms with E-state index >= 15 is 0 Å². The van der Waals surface area contributed by atoms with E-state index in [0.29, 0.717) is 36.3 Å². The van der Waals surface area contributed by atoms with Crippen LogP contribution in [0.4, 0.5) is 23.0 Å². The zero-order valence-electron chi connectivity index (χ0n) is 22.2. The van der Waals surface area contributed by atoms with E-state index in [0.717, 1.165) is 41.1 Å². The van der Waals surface area contributed by atoms with Gasteiger partial charge in [0.15, 0.2) is 0 Å². The van der Waals surface area contributed by atoms with Crippen molar-refractivity contribution in [3.8, 4) is 17.0 Å². The summed E-state index contributed by atoms with van der Waals surface area (Å²) in [6, 6.07) is 14.5. The van der Waals surface area contributed by atoms with Crippen molar-refractivity contribution in [2.75, 3.05) is 57.4 Å². The Morgan fingerprint density at radius 3 is 2.78 bits per heavy atom. The molecule has 0 spiro atoms. The van der Waals surface area contributed by atoms with Gasteiger partial charge in [-0.05, 0) is 39.2 Å². The largest absolute Gasteiger partial charge is 0.494 e. The highest BCUT2D eigenvalue weighted by atomic mass is 16.5. The molecular formula is C28H35N7O2. The summed E-state index contributed by atoms with van der Waals surface area (Å²) in [4.78, 5) is 13.7. The van der Waals surface area contributed by atoms with E-state index in [1.54, 1.807) is 13.3 Å². The van der Waals surface area contributed by atoms with Crippen LogP contribution in [0.15, 0.2) is 48.7 Å². The van der Waals surface area contributed by atoms with Crippen LogP contribution in [-0.2, 0) is 17.9 Å². The first kappa shape index (κ1) is 24.9. The van der Waals surface area contributed by atoms with Gasteiger partial charge in [-0.15, -0.1) is 0 Å². The van der Waals surface area contributed by atoms with Gasteiger partial charge in [-0.1, -0.05) is 18.2 Å². The summed E-state index contributed by atoms with van der Waals surface area (Å²) < 4.78 is 13.9. The smallest absolute Gasteiger partial charge is 0.227 e. The molecule has 9 nitrogen and oxygen atoms in total. The summed E-state index contributed by atoms with van der Waals surface area (Å²) >= 11 is 0. The Morgan fingerprint density at radius 1 is 1.19 bits per heavy atom. The van der Waals surface area contributed by atoms with Crippen molar-refractivity contribution in [3.63, 3.8) is 0 Å². The first-order valence-corrected chi connectivity index (χ1v) is 12.5. The van der Waals surface area contributed by atoms with Gasteiger partial charge in [0, 0.05) is 54.9 Å². The lowest BCUT2D eigenvalue weighted by Gasteiger charge is -2.30. The normalized spacial score (nSPS) is 14.0. The number of rotatable bonds is 8. The first-order chi connectivity index (χ1) is 17.9. The minimum atomic E-state index is 0.271. The summed E-state index contributed by atoms with van der Waals surface area (Å²) in [7, 11) is 7.83. The molecule has 0 bridgehead atoms. The molecule has 0 amide bonds. The third-order valence-electron chi connectivity index (χ3n) is 6.95. The number of nitrogens with one attached hydrogen (secondary N) is 1. The molecule has 1 aliphatic rings. The molecule has 1 unspecified atom stereocenters. The monoisotopic (exact) mass is 501 g/mol. The van der Waals surface area contributed by atoms with Gasteiger partial charge in [-0.2, -0.15) is 0 Å². The van der Waals surface area contributed by atoms with E-state index in [9.17, 15) is 0 Å². The number of aromatic nitrogens is 3. The number of likely N-dealkylation sites (N-methyl/N-ethyl adjacent to an activating group) is 2. The minimum Gasteiger partial charge on any atom is -0.494 e. The second-order valence-corrected chi connectivity index (χ2v) is 9.77. The average Bonchev–Trinajstić information content (AvgIpc) is 3.23. The third kappa shape index (κ3) is 4.80. The van der Waals surface area contributed by atoms with Crippen LogP contribution >= 0.6 is 0 Å². The molecule has 0 radical (unpaired) electrons. The van der Waals surface area contributed by atoms with E-state index in [4.69, 9.17) is 20.2 Å². The molecule has 9 heteroatoms. The zero-order valence-corrected chi connectivity index (χ0v) is 22.2. The number of para-hydroxylation sites is 1. The van der Waals surface area contributed by atoms with E-state index < -0.39 is 0 Å². The number of fused-ring (bicyclic) bond motifs is 3. The molecule has 4 aromatic rings. The van der Waals surface area contributed by atoms with Crippen LogP contribution in [0.25, 0.3) is 22.2 Å². The Labute approximate surface area is 217 Å². The van der Waals surface area contributed by atoms with E-state index in [-0.39, 0.29) is 6.04 Å². The van der Waals surface area contributed by atoms with E-state index in [2.05, 4.69) is 70.0 Å². The quantitative estimate of drug-likeness (QED) is 0.344. The van der Waals surface area contributed by atoms with Gasteiger partial charge in [-0.25, -0.2) is 9.97 Å². The fraction of sp³-hybridized carbons (Fsp3) is 0.357. The van der Waals surface area contributed by atoms with Gasteiger partial charge >= 0.3 is 0 Å². The number of nitrogens with two attached hydrogens (primary N) is 1. The predicted molar refractivity (Wildman–Crippen MR) is 150 cm³/mol. The number of hydrogen-bond acceptors (Lipinski definition) is 8. The van der Waals surface area contributed by atoms with Crippen molar-refractivity contribution in [1.82, 2.24) is 19.4 Å². The number of hydrogen-bond donors (Lipinski definition) is 2. The van der Waals surface area contributed by atoms with Gasteiger partial charge < -0.3 is 34.9 Å². The van der Waals surface area contributed by atoms with Crippen LogP contribution < -0.4 is 20.7 Å². The SMILES string of the molecule is COc1cc(N(C)C(C)CN(C)C)c(N)cc1Nc1nccc(-c2c3n(c4ccccc24)CCOC3)n1. The number of nitrogen functional groups attached to an aromatic ring is 1. The Kier molecular flexibility index (Phi) is 6.90. The molecule has 3 heterocycles. The number of benzene rings is 2. The van der Waals surface area contributed by atoms with Crippen molar-refractivity contribution in [2.45, 2.75) is 26.1 Å². The Hall–Kier alpha value is -3.82. The van der Waals surface area contributed by atoms with E-state index in [1.165, 1.54) is 5.52 Å². The molecule has 37 heavy (non-hydrogen) atoms. The van der Waals surface area contributed by atoms with Gasteiger partial charge in [0.1, 0.15) is 5.75 Å². The molecule has 0 saturated carbocycles. The van der Waals surface area contributed by atoms with Gasteiger partial charge in [0.2, 0.25) is 5.95 Å². The van der Waals surface area contributed by atoms with Crippen molar-refractivity contribution >= 4 is 33.9 Å². The van der Waals surface area contributed by atoms with Crippen molar-refractivity contribution < 1.29 is 9.47 Å². The maximum absolute atomic E-state index is 6.51. The second-order valence-electron chi connectivity index (χ2n) is 9.77. The highest BCUT2D eigenvalue weighted by molar-refractivity contribution is 5.97. The van der Waals surface area contributed by atoms with E-state index in [1.807, 2.05) is 25.2 Å². The summed E-state index contributed by atoms with van der Waals surface area (Å²) in [5, 5.41) is 4.49. The number of anilines is 4. The minimum absolute atomic E-state index is 0.271. The van der Waals surface area contributed by atoms with Crippen molar-refractivity contribution in [3.05, 3.63) is 54.4 Å². The lowest BCUT2D eigenvalue weighted by Crippen LogP contribution is -2.37. The number of ether oxygens (including phenoxy) is 2. The molecule has 2 aromatic heterocycles. The fourth-order valence-electron chi connectivity index (χ4n) is 5.10. The summed E-state index contributed by atoms with van der Waals surface area (Å²) in [6.07, 6.45) is 1.77. The maximum Gasteiger partial charge on any atom is 0.227 e. The fourth-order valence-corrected chi connectivity index (χ4v) is 5.10. The third-order valence-corrected chi connectivity index (χ3v) is 6.95. The summed E-state index contributed by atoms with van der Waals surface area (Å²) in [5.74, 6) is 1.14. The predicted octanol–water partition coefficient (Wildman–Crippen LogP) is 4.35. The van der Waals surface area contributed by atoms with Crippen LogP contribution in [-0.4, -0.2) is 66.9 Å². The average molecular weight is 502 g/mol. The van der Waals surface area contributed by atoms with Crippen molar-refractivity contribution in [2.24, 2.45) is 0 Å². The zero-order chi connectivity index (χ0) is 26.1. The van der Waals surface area contributed by atoms with Gasteiger partial charge in [0.25, 0.3) is 0 Å². The van der Waals surface area contributed by atoms with Gasteiger partial charge in [0.05, 0.1) is 48.8 Å². The second kappa shape index (κ2) is 10.3. The van der Waals surface area contributed by atoms with Crippen LogP contribution in [0.5, 0.6) is 5.75 Å². The van der Waals surface area contributed by atoms with Crippen LogP contribution in [0.3, 0.4) is 0 Å². The van der Waals surface area contributed by atoms with Crippen LogP contribution in [0.2, 0.25) is 0 Å². The standard InChI is InChI=1S/C28H35N7O2/c1-18(16-33(2)3)34(4)24-15-26(36-5)22(14-20(24)29)32-28-30-11-10-21(31-28)27-19-8-6-7-9-23(19)35-12-13-37-17-25(27)35/h6-11,14-15,18H,12-13,16-17,29H2,1-5H3,(H,30,31,32). The molecule has 194 valence electrons. The highest BCUT2D eigenvalue weighted by Crippen LogP contribution is 2.38. The molecule has 1 aliphatic heterocycles. The maximum atomic E-state index is 6.51. The molecular weight excluding hydrogens is 466 g/mol. The number of nitrogens with zero attached hydrogens (tertiary/aromatic N) is 5. The van der Waals surface area contributed by atoms with Crippen molar-refractivity contribution in [1.29, 1.82) is 0 Å². The molecule has 2 aromatic carbocycles. The summed E-state index contributed by atoms with van der Waals surface area (Å²) in [6.45, 7) is 5.18. The molecule has 5 rings (SSSR count). The molecule has 0 aliphatic carbocycles. The molecule has 0 saturated heterocycles. The lowest BCUT2D eigenvalue weighted by atomic mass is 10.1. The first-order valence-electron chi connectivity index (χ1n) is 12.5. The highest BCUT2D eigenvalue weighted by Gasteiger charge is 2.23. The van der Waals surface area contributed by atoms with Crippen LogP contribution in [0.1, 0.15) is 12.6 Å². The van der Waals surface area contributed by atoms with Crippen LogP contribution in [0, 0.1) is 0 Å². The number of methoxy groups -OCH3 is 1. The topological polar surface area (TPSA) is 93.7 Å². The summed E-state index contributed by atoms with van der Waals surface area (Å²) in [5.41, 5.74) is 13.0. The molecule has 1 atom stereocenters. The molecule has 0 fully saturated rings. The Balaban J connectivity index is 1.49. The van der Waals surface area contributed by atoms with Gasteiger partial charge in [-0.3, -0.25) is 0 Å². The Morgan fingerprint density at radius 2 is 2.00 bits per heavy atom. The Bertz CT molecular complexity index is 1420. The molecule has 3 N–H and O–H groups in total.